The number of rotatable bonds is 5. The molecule has 0 unspecified atom stereocenters. The SMILES string of the molecule is O=S(=O)(c1cccc(F)c1)N1CCO[C@]2(CCCC[C@H]2NCc2cccnc2)C1. The second kappa shape index (κ2) is 8.47. The van der Waals surface area contributed by atoms with Crippen LogP contribution in [-0.4, -0.2) is 49.0 Å². The lowest BCUT2D eigenvalue weighted by atomic mass is 9.79. The molecule has 4 rings (SSSR count). The summed E-state index contributed by atoms with van der Waals surface area (Å²) in [5.74, 6) is -0.553. The molecule has 1 spiro atoms. The van der Waals surface area contributed by atoms with Gasteiger partial charge in [0.05, 0.1) is 17.1 Å². The second-order valence-corrected chi connectivity index (χ2v) is 9.69. The number of hydrogen-bond acceptors (Lipinski definition) is 5. The molecule has 2 fully saturated rings. The summed E-state index contributed by atoms with van der Waals surface area (Å²) in [5.41, 5.74) is 0.507. The van der Waals surface area contributed by atoms with Crippen molar-refractivity contribution in [2.45, 2.75) is 48.8 Å². The van der Waals surface area contributed by atoms with Crippen molar-refractivity contribution in [3.8, 4) is 0 Å². The number of aromatic nitrogens is 1. The van der Waals surface area contributed by atoms with Crippen LogP contribution in [0.2, 0.25) is 0 Å². The van der Waals surface area contributed by atoms with Crippen LogP contribution in [0.5, 0.6) is 0 Å². The normalized spacial score (nSPS) is 25.9. The van der Waals surface area contributed by atoms with Crippen LogP contribution in [0.1, 0.15) is 31.2 Å². The first-order chi connectivity index (χ1) is 14.0. The highest BCUT2D eigenvalue weighted by atomic mass is 32.2. The van der Waals surface area contributed by atoms with Crippen LogP contribution >= 0.6 is 0 Å². The van der Waals surface area contributed by atoms with Crippen molar-refractivity contribution in [3.05, 3.63) is 60.2 Å². The van der Waals surface area contributed by atoms with E-state index in [9.17, 15) is 12.8 Å². The molecule has 0 bridgehead atoms. The maximum absolute atomic E-state index is 13.6. The predicted octanol–water partition coefficient (Wildman–Crippen LogP) is 2.71. The van der Waals surface area contributed by atoms with Crippen molar-refractivity contribution < 1.29 is 17.5 Å². The topological polar surface area (TPSA) is 71.5 Å². The molecule has 1 aromatic heterocycles. The first-order valence-corrected chi connectivity index (χ1v) is 11.5. The van der Waals surface area contributed by atoms with Crippen molar-refractivity contribution in [3.63, 3.8) is 0 Å². The average molecular weight is 420 g/mol. The van der Waals surface area contributed by atoms with Gasteiger partial charge in [0.15, 0.2) is 0 Å². The Balaban J connectivity index is 1.54. The highest BCUT2D eigenvalue weighted by molar-refractivity contribution is 7.89. The summed E-state index contributed by atoms with van der Waals surface area (Å²) in [5, 5.41) is 3.57. The Kier molecular flexibility index (Phi) is 5.96. The number of benzene rings is 1. The number of morpholine rings is 1. The van der Waals surface area contributed by atoms with Gasteiger partial charge in [-0.05, 0) is 42.7 Å². The molecule has 156 valence electrons. The molecule has 1 aliphatic carbocycles. The highest BCUT2D eigenvalue weighted by Crippen LogP contribution is 2.36. The van der Waals surface area contributed by atoms with Gasteiger partial charge in [-0.25, -0.2) is 12.8 Å². The Labute approximate surface area is 171 Å². The van der Waals surface area contributed by atoms with Crippen molar-refractivity contribution >= 4 is 10.0 Å². The van der Waals surface area contributed by atoms with Crippen LogP contribution in [0.25, 0.3) is 0 Å². The zero-order valence-electron chi connectivity index (χ0n) is 16.3. The van der Waals surface area contributed by atoms with Gasteiger partial charge in [0, 0.05) is 38.1 Å². The van der Waals surface area contributed by atoms with Gasteiger partial charge in [-0.15, -0.1) is 0 Å². The van der Waals surface area contributed by atoms with Gasteiger partial charge >= 0.3 is 0 Å². The Morgan fingerprint density at radius 2 is 2.17 bits per heavy atom. The minimum absolute atomic E-state index is 0.00905. The molecule has 0 radical (unpaired) electrons. The van der Waals surface area contributed by atoms with E-state index in [1.54, 1.807) is 6.20 Å². The molecule has 2 atom stereocenters. The van der Waals surface area contributed by atoms with E-state index < -0.39 is 21.4 Å². The molecule has 6 nitrogen and oxygen atoms in total. The summed E-state index contributed by atoms with van der Waals surface area (Å²) in [6, 6.07) is 9.16. The van der Waals surface area contributed by atoms with E-state index in [1.807, 2.05) is 18.3 Å². The second-order valence-electron chi connectivity index (χ2n) is 7.75. The summed E-state index contributed by atoms with van der Waals surface area (Å²) in [4.78, 5) is 4.14. The number of pyridine rings is 1. The van der Waals surface area contributed by atoms with Gasteiger partial charge in [0.2, 0.25) is 10.0 Å². The molecule has 2 heterocycles. The van der Waals surface area contributed by atoms with Gasteiger partial charge in [-0.3, -0.25) is 4.98 Å². The van der Waals surface area contributed by atoms with E-state index in [4.69, 9.17) is 4.74 Å². The predicted molar refractivity (Wildman–Crippen MR) is 107 cm³/mol. The molecular formula is C21H26FN3O3S. The van der Waals surface area contributed by atoms with E-state index in [0.717, 1.165) is 37.3 Å². The van der Waals surface area contributed by atoms with E-state index in [1.165, 1.54) is 22.5 Å². The lowest BCUT2D eigenvalue weighted by Crippen LogP contribution is -2.63. The third-order valence-corrected chi connectivity index (χ3v) is 7.70. The lowest BCUT2D eigenvalue weighted by Gasteiger charge is -2.49. The van der Waals surface area contributed by atoms with Crippen LogP contribution in [-0.2, 0) is 21.3 Å². The standard InChI is InChI=1S/C21H26FN3O3S/c22-18-6-3-7-19(13-18)29(26,27)25-11-12-28-21(16-25)9-2-1-8-20(21)24-15-17-5-4-10-23-14-17/h3-7,10,13-14,20,24H,1-2,8-9,11-12,15-16H2/t20-,21-/m1/s1. The molecule has 1 saturated heterocycles. The number of ether oxygens (including phenoxy) is 1. The van der Waals surface area contributed by atoms with Crippen molar-refractivity contribution in [2.24, 2.45) is 0 Å². The third kappa shape index (κ3) is 4.35. The summed E-state index contributed by atoms with van der Waals surface area (Å²) < 4.78 is 47.6. The van der Waals surface area contributed by atoms with Crippen LogP contribution in [0.15, 0.2) is 53.7 Å². The zero-order chi connectivity index (χ0) is 20.3. The maximum atomic E-state index is 13.6. The van der Waals surface area contributed by atoms with Crippen molar-refractivity contribution in [1.29, 1.82) is 0 Å². The fraction of sp³-hybridized carbons (Fsp3) is 0.476. The Morgan fingerprint density at radius 3 is 2.97 bits per heavy atom. The van der Waals surface area contributed by atoms with Crippen molar-refractivity contribution in [2.75, 3.05) is 19.7 Å². The minimum atomic E-state index is -3.77. The van der Waals surface area contributed by atoms with Gasteiger partial charge in [0.1, 0.15) is 5.82 Å². The first-order valence-electron chi connectivity index (χ1n) is 10.0. The van der Waals surface area contributed by atoms with E-state index in [2.05, 4.69) is 10.3 Å². The smallest absolute Gasteiger partial charge is 0.243 e. The van der Waals surface area contributed by atoms with Gasteiger partial charge in [-0.1, -0.05) is 25.0 Å². The molecule has 2 aliphatic rings. The Bertz CT molecular complexity index is 937. The highest BCUT2D eigenvalue weighted by Gasteiger charge is 2.47. The summed E-state index contributed by atoms with van der Waals surface area (Å²) in [6.45, 7) is 1.53. The van der Waals surface area contributed by atoms with Crippen LogP contribution < -0.4 is 5.32 Å². The number of sulfonamides is 1. The monoisotopic (exact) mass is 419 g/mol. The molecule has 1 N–H and O–H groups in total. The molecule has 1 aliphatic heterocycles. The largest absolute Gasteiger partial charge is 0.371 e. The maximum Gasteiger partial charge on any atom is 0.243 e. The molecule has 1 aromatic carbocycles. The van der Waals surface area contributed by atoms with E-state index in [-0.39, 0.29) is 24.0 Å². The molecule has 8 heteroatoms. The van der Waals surface area contributed by atoms with Crippen LogP contribution in [0.3, 0.4) is 0 Å². The van der Waals surface area contributed by atoms with E-state index >= 15 is 0 Å². The number of nitrogens with zero attached hydrogens (tertiary/aromatic N) is 2. The quantitative estimate of drug-likeness (QED) is 0.807. The summed E-state index contributed by atoms with van der Waals surface area (Å²) >= 11 is 0. The number of nitrogens with one attached hydrogen (secondary N) is 1. The lowest BCUT2D eigenvalue weighted by molar-refractivity contribution is -0.127. The summed E-state index contributed by atoms with van der Waals surface area (Å²) in [7, 11) is -3.77. The molecule has 2 aromatic rings. The van der Waals surface area contributed by atoms with Crippen molar-refractivity contribution in [1.82, 2.24) is 14.6 Å². The van der Waals surface area contributed by atoms with Gasteiger partial charge in [0.25, 0.3) is 0 Å². The number of halogens is 1. The zero-order valence-corrected chi connectivity index (χ0v) is 17.1. The van der Waals surface area contributed by atoms with E-state index in [0.29, 0.717) is 13.2 Å². The summed E-state index contributed by atoms with van der Waals surface area (Å²) in [6.07, 6.45) is 7.36. The van der Waals surface area contributed by atoms with Crippen LogP contribution in [0.4, 0.5) is 4.39 Å². The van der Waals surface area contributed by atoms with Crippen LogP contribution in [0, 0.1) is 5.82 Å². The number of hydrogen-bond donors (Lipinski definition) is 1. The minimum Gasteiger partial charge on any atom is -0.371 e. The third-order valence-electron chi connectivity index (χ3n) is 5.86. The fourth-order valence-corrected chi connectivity index (χ4v) is 5.87. The first kappa shape index (κ1) is 20.4. The fourth-order valence-electron chi connectivity index (χ4n) is 4.36. The Morgan fingerprint density at radius 1 is 1.28 bits per heavy atom. The molecule has 0 amide bonds. The van der Waals surface area contributed by atoms with Gasteiger partial charge < -0.3 is 10.1 Å². The molecule has 1 saturated carbocycles. The molecule has 29 heavy (non-hydrogen) atoms. The average Bonchev–Trinajstić information content (AvgIpc) is 2.74. The Hall–Kier alpha value is -1.87. The molecular weight excluding hydrogens is 393 g/mol. The van der Waals surface area contributed by atoms with Gasteiger partial charge in [-0.2, -0.15) is 4.31 Å².